The van der Waals surface area contributed by atoms with Gasteiger partial charge in [0.15, 0.2) is 0 Å². The fourth-order valence-electron chi connectivity index (χ4n) is 3.63. The second-order valence-electron chi connectivity index (χ2n) is 7.49. The van der Waals surface area contributed by atoms with Crippen molar-refractivity contribution in [3.05, 3.63) is 59.7 Å². The molecule has 0 radical (unpaired) electrons. The maximum Gasteiger partial charge on any atom is 0.411 e. The highest BCUT2D eigenvalue weighted by Crippen LogP contribution is 2.24. The third kappa shape index (κ3) is 6.84. The van der Waals surface area contributed by atoms with E-state index in [-0.39, 0.29) is 6.61 Å². The first kappa shape index (κ1) is 22.3. The van der Waals surface area contributed by atoms with Gasteiger partial charge in [0.2, 0.25) is 0 Å². The largest absolute Gasteiger partial charge is 0.411 e. The van der Waals surface area contributed by atoms with Crippen molar-refractivity contribution < 1.29 is 17.9 Å². The molecule has 0 saturated carbocycles. The van der Waals surface area contributed by atoms with Crippen LogP contribution in [0.1, 0.15) is 17.5 Å². The van der Waals surface area contributed by atoms with Gasteiger partial charge in [-0.15, -0.1) is 0 Å². The lowest BCUT2D eigenvalue weighted by Crippen LogP contribution is -2.46. The van der Waals surface area contributed by atoms with Crippen LogP contribution in [0.4, 0.5) is 13.2 Å². The van der Waals surface area contributed by atoms with Crippen LogP contribution >= 0.6 is 0 Å². The minimum Gasteiger partial charge on any atom is -0.372 e. The zero-order valence-electron chi connectivity index (χ0n) is 16.9. The van der Waals surface area contributed by atoms with Crippen LogP contribution < -0.4 is 0 Å². The molecule has 4 nitrogen and oxygen atoms in total. The van der Waals surface area contributed by atoms with Crippen LogP contribution in [0, 0.1) is 11.3 Å². The third-order valence-corrected chi connectivity index (χ3v) is 5.21. The molecule has 0 aromatic heterocycles. The molecular weight excluding hydrogens is 391 g/mol. The van der Waals surface area contributed by atoms with Crippen molar-refractivity contribution in [1.29, 1.82) is 5.26 Å². The normalized spacial score (nSPS) is 15.8. The van der Waals surface area contributed by atoms with Gasteiger partial charge in [-0.25, -0.2) is 0 Å². The molecule has 2 aromatic carbocycles. The van der Waals surface area contributed by atoms with Crippen molar-refractivity contribution in [1.82, 2.24) is 9.80 Å². The van der Waals surface area contributed by atoms with Gasteiger partial charge in [0.05, 0.1) is 11.6 Å². The molecule has 0 N–H and O–H groups in total. The molecule has 1 fully saturated rings. The van der Waals surface area contributed by atoms with E-state index in [1.165, 1.54) is 5.56 Å². The Morgan fingerprint density at radius 3 is 2.27 bits per heavy atom. The second-order valence-corrected chi connectivity index (χ2v) is 7.49. The van der Waals surface area contributed by atoms with Gasteiger partial charge in [-0.2, -0.15) is 18.4 Å². The Hall–Kier alpha value is -2.40. The first-order valence-electron chi connectivity index (χ1n) is 10.1. The number of hydrogen-bond donors (Lipinski definition) is 0. The Morgan fingerprint density at radius 2 is 1.60 bits per heavy atom. The zero-order valence-corrected chi connectivity index (χ0v) is 16.9. The maximum absolute atomic E-state index is 12.0. The Labute approximate surface area is 175 Å². The van der Waals surface area contributed by atoms with Gasteiger partial charge in [0.25, 0.3) is 0 Å². The monoisotopic (exact) mass is 417 g/mol. The molecule has 30 heavy (non-hydrogen) atoms. The highest BCUT2D eigenvalue weighted by atomic mass is 19.4. The molecule has 0 atom stereocenters. The number of piperazine rings is 1. The summed E-state index contributed by atoms with van der Waals surface area (Å²) < 4.78 is 40.8. The summed E-state index contributed by atoms with van der Waals surface area (Å²) in [5.41, 5.74) is 3.88. The molecular formula is C23H26F3N3O. The first-order valence-corrected chi connectivity index (χ1v) is 10.1. The standard InChI is InChI=1S/C23H26F3N3O/c24-23(25,26)18-30-15-3-10-28-11-13-29(14-12-28)17-19-6-8-20(9-7-19)22-5-2-1-4-21(22)16-27/h1-2,4-9H,3,10-15,17-18H2. The Balaban J connectivity index is 1.40. The smallest absolute Gasteiger partial charge is 0.372 e. The van der Waals surface area contributed by atoms with E-state index in [9.17, 15) is 18.4 Å². The number of benzene rings is 2. The Bertz CT molecular complexity index is 838. The van der Waals surface area contributed by atoms with Gasteiger partial charge >= 0.3 is 6.18 Å². The van der Waals surface area contributed by atoms with E-state index in [1.807, 2.05) is 24.3 Å². The predicted octanol–water partition coefficient (Wildman–Crippen LogP) is 4.31. The van der Waals surface area contributed by atoms with E-state index in [0.29, 0.717) is 12.0 Å². The van der Waals surface area contributed by atoms with Crippen LogP contribution in [0.25, 0.3) is 11.1 Å². The van der Waals surface area contributed by atoms with E-state index in [2.05, 4.69) is 44.9 Å². The first-order chi connectivity index (χ1) is 14.4. The number of nitrogens with zero attached hydrogens (tertiary/aromatic N) is 3. The number of alkyl halides is 3. The summed E-state index contributed by atoms with van der Waals surface area (Å²) in [5, 5.41) is 9.27. The van der Waals surface area contributed by atoms with Crippen LogP contribution in [0.5, 0.6) is 0 Å². The van der Waals surface area contributed by atoms with Gasteiger partial charge < -0.3 is 9.64 Å². The highest BCUT2D eigenvalue weighted by molar-refractivity contribution is 5.70. The molecule has 0 amide bonds. The third-order valence-electron chi connectivity index (χ3n) is 5.21. The lowest BCUT2D eigenvalue weighted by molar-refractivity contribution is -0.174. The van der Waals surface area contributed by atoms with E-state index in [1.54, 1.807) is 0 Å². The van der Waals surface area contributed by atoms with E-state index in [4.69, 9.17) is 0 Å². The molecule has 1 heterocycles. The quantitative estimate of drug-likeness (QED) is 0.600. The molecule has 160 valence electrons. The average molecular weight is 417 g/mol. The van der Waals surface area contributed by atoms with Crippen molar-refractivity contribution >= 4 is 0 Å². The van der Waals surface area contributed by atoms with Gasteiger partial charge in [0.1, 0.15) is 6.61 Å². The van der Waals surface area contributed by atoms with Crippen LogP contribution in [0.2, 0.25) is 0 Å². The van der Waals surface area contributed by atoms with Gasteiger partial charge in [-0.1, -0.05) is 42.5 Å². The summed E-state index contributed by atoms with van der Waals surface area (Å²) in [6.07, 6.45) is -3.63. The summed E-state index contributed by atoms with van der Waals surface area (Å²) in [6.45, 7) is 4.29. The molecule has 0 bridgehead atoms. The van der Waals surface area contributed by atoms with Gasteiger partial charge in [-0.3, -0.25) is 4.90 Å². The fraction of sp³-hybridized carbons (Fsp3) is 0.435. The number of nitriles is 1. The predicted molar refractivity (Wildman–Crippen MR) is 110 cm³/mol. The molecule has 2 aromatic rings. The van der Waals surface area contributed by atoms with E-state index in [0.717, 1.165) is 50.4 Å². The second kappa shape index (κ2) is 10.6. The van der Waals surface area contributed by atoms with Crippen LogP contribution in [0.3, 0.4) is 0 Å². The number of hydrogen-bond acceptors (Lipinski definition) is 4. The minimum atomic E-state index is -4.25. The molecule has 3 rings (SSSR count). The van der Waals surface area contributed by atoms with Crippen molar-refractivity contribution in [3.8, 4) is 17.2 Å². The summed E-state index contributed by atoms with van der Waals surface area (Å²) in [5.74, 6) is 0. The topological polar surface area (TPSA) is 39.5 Å². The highest BCUT2D eigenvalue weighted by Gasteiger charge is 2.27. The number of halogens is 3. The summed E-state index contributed by atoms with van der Waals surface area (Å²) in [6, 6.07) is 18.1. The van der Waals surface area contributed by atoms with Gasteiger partial charge in [0, 0.05) is 45.9 Å². The fourth-order valence-corrected chi connectivity index (χ4v) is 3.63. The van der Waals surface area contributed by atoms with E-state index >= 15 is 0 Å². The maximum atomic E-state index is 12.0. The average Bonchev–Trinajstić information content (AvgIpc) is 2.74. The Morgan fingerprint density at radius 1 is 0.933 bits per heavy atom. The number of rotatable bonds is 8. The molecule has 0 unspecified atom stereocenters. The SMILES string of the molecule is N#Cc1ccccc1-c1ccc(CN2CCN(CCCOCC(F)(F)F)CC2)cc1. The number of ether oxygens (including phenoxy) is 1. The molecule has 0 spiro atoms. The molecule has 1 aliphatic rings. The van der Waals surface area contributed by atoms with Crippen molar-refractivity contribution in [2.75, 3.05) is 45.9 Å². The molecule has 1 saturated heterocycles. The summed E-state index contributed by atoms with van der Waals surface area (Å²) in [7, 11) is 0. The van der Waals surface area contributed by atoms with E-state index < -0.39 is 12.8 Å². The lowest BCUT2D eigenvalue weighted by Gasteiger charge is -2.34. The van der Waals surface area contributed by atoms with Gasteiger partial charge in [-0.05, 0) is 29.2 Å². The summed E-state index contributed by atoms with van der Waals surface area (Å²) in [4.78, 5) is 4.66. The molecule has 7 heteroatoms. The van der Waals surface area contributed by atoms with Crippen LogP contribution in [0.15, 0.2) is 48.5 Å². The summed E-state index contributed by atoms with van der Waals surface area (Å²) >= 11 is 0. The van der Waals surface area contributed by atoms with Crippen LogP contribution in [-0.4, -0.2) is 61.9 Å². The van der Waals surface area contributed by atoms with Crippen molar-refractivity contribution in [3.63, 3.8) is 0 Å². The molecule has 1 aliphatic heterocycles. The molecule has 0 aliphatic carbocycles. The van der Waals surface area contributed by atoms with Crippen LogP contribution in [-0.2, 0) is 11.3 Å². The Kier molecular flexibility index (Phi) is 7.86. The van der Waals surface area contributed by atoms with Crippen molar-refractivity contribution in [2.24, 2.45) is 0 Å². The minimum absolute atomic E-state index is 0.140. The van der Waals surface area contributed by atoms with Crippen molar-refractivity contribution in [2.45, 2.75) is 19.1 Å². The zero-order chi connectivity index (χ0) is 21.4. The lowest BCUT2D eigenvalue weighted by atomic mass is 9.99.